The van der Waals surface area contributed by atoms with Crippen molar-refractivity contribution < 1.29 is 4.79 Å². The first-order chi connectivity index (χ1) is 9.58. The Balaban J connectivity index is 2.20. The summed E-state index contributed by atoms with van der Waals surface area (Å²) >= 11 is 3.43. The van der Waals surface area contributed by atoms with Crippen molar-refractivity contribution >= 4 is 32.6 Å². The van der Waals surface area contributed by atoms with Gasteiger partial charge in [0.2, 0.25) is 0 Å². The number of para-hydroxylation sites is 1. The van der Waals surface area contributed by atoms with E-state index in [2.05, 4.69) is 20.9 Å². The van der Waals surface area contributed by atoms with Crippen molar-refractivity contribution in [1.82, 2.24) is 4.98 Å². The van der Waals surface area contributed by atoms with Gasteiger partial charge in [0.1, 0.15) is 0 Å². The lowest BCUT2D eigenvalue weighted by Gasteiger charge is -2.06. The van der Waals surface area contributed by atoms with Crippen molar-refractivity contribution in [2.45, 2.75) is 13.8 Å². The number of nitrogens with one attached hydrogen (secondary N) is 1. The highest BCUT2D eigenvalue weighted by Crippen LogP contribution is 2.26. The Morgan fingerprint density at radius 1 is 1.10 bits per heavy atom. The number of hydrogen-bond donors (Lipinski definition) is 1. The van der Waals surface area contributed by atoms with Gasteiger partial charge in [-0.2, -0.15) is 0 Å². The number of hydrogen-bond acceptors (Lipinski definition) is 1. The lowest BCUT2D eigenvalue weighted by molar-refractivity contribution is 0.103. The van der Waals surface area contributed by atoms with Crippen LogP contribution in [-0.4, -0.2) is 10.8 Å². The quantitative estimate of drug-likeness (QED) is 0.675. The number of H-pyrrole nitrogens is 1. The summed E-state index contributed by atoms with van der Waals surface area (Å²) in [6, 6.07) is 13.7. The number of carbonyl (C=O) groups is 1. The van der Waals surface area contributed by atoms with Crippen LogP contribution in [0.15, 0.2) is 46.9 Å². The van der Waals surface area contributed by atoms with E-state index < -0.39 is 0 Å². The second-order valence-electron chi connectivity index (χ2n) is 4.96. The average Bonchev–Trinajstić information content (AvgIpc) is 2.73. The number of fused-ring (bicyclic) bond motifs is 1. The average molecular weight is 328 g/mol. The summed E-state index contributed by atoms with van der Waals surface area (Å²) in [4.78, 5) is 16.1. The topological polar surface area (TPSA) is 32.9 Å². The van der Waals surface area contributed by atoms with Gasteiger partial charge in [0.15, 0.2) is 5.78 Å². The van der Waals surface area contributed by atoms with Crippen LogP contribution in [0.1, 0.15) is 27.2 Å². The Morgan fingerprint density at radius 2 is 1.85 bits per heavy atom. The van der Waals surface area contributed by atoms with E-state index in [1.54, 1.807) is 0 Å². The first kappa shape index (κ1) is 13.1. The maximum Gasteiger partial charge on any atom is 0.195 e. The number of benzene rings is 2. The van der Waals surface area contributed by atoms with Gasteiger partial charge in [0, 0.05) is 26.6 Å². The van der Waals surface area contributed by atoms with Crippen LogP contribution in [-0.2, 0) is 0 Å². The fourth-order valence-corrected chi connectivity index (χ4v) is 3.06. The van der Waals surface area contributed by atoms with Crippen molar-refractivity contribution in [2.24, 2.45) is 0 Å². The maximum atomic E-state index is 12.8. The standard InChI is InChI=1S/C17H14BrNO/c1-10-9-12(18)7-8-13(10)17(20)16-11(2)19-15-6-4-3-5-14(15)16/h3-9,19H,1-2H3. The summed E-state index contributed by atoms with van der Waals surface area (Å²) in [5.41, 5.74) is 4.42. The van der Waals surface area contributed by atoms with Crippen molar-refractivity contribution in [2.75, 3.05) is 0 Å². The molecule has 2 nitrogen and oxygen atoms in total. The monoisotopic (exact) mass is 327 g/mol. The maximum absolute atomic E-state index is 12.8. The van der Waals surface area contributed by atoms with E-state index in [4.69, 9.17) is 0 Å². The third-order valence-electron chi connectivity index (χ3n) is 3.55. The van der Waals surface area contributed by atoms with Crippen LogP contribution in [0.3, 0.4) is 0 Å². The predicted octanol–water partition coefficient (Wildman–Crippen LogP) is 4.78. The Morgan fingerprint density at radius 3 is 2.60 bits per heavy atom. The molecule has 0 aliphatic heterocycles. The largest absolute Gasteiger partial charge is 0.358 e. The molecule has 0 fully saturated rings. The Bertz CT molecular complexity index is 817. The SMILES string of the molecule is Cc1cc(Br)ccc1C(=O)c1c(C)[nH]c2ccccc12. The summed E-state index contributed by atoms with van der Waals surface area (Å²) in [5.74, 6) is 0.0740. The molecule has 1 aromatic heterocycles. The van der Waals surface area contributed by atoms with Crippen molar-refractivity contribution in [3.05, 3.63) is 69.3 Å². The number of rotatable bonds is 2. The van der Waals surface area contributed by atoms with Gasteiger partial charge in [-0.05, 0) is 43.7 Å². The third-order valence-corrected chi connectivity index (χ3v) is 4.05. The number of halogens is 1. The fraction of sp³-hybridized carbons (Fsp3) is 0.118. The molecule has 1 N–H and O–H groups in total. The lowest BCUT2D eigenvalue weighted by Crippen LogP contribution is -2.04. The van der Waals surface area contributed by atoms with Gasteiger partial charge in [-0.15, -0.1) is 0 Å². The molecular formula is C17H14BrNO. The minimum absolute atomic E-state index is 0.0740. The molecule has 1 heterocycles. The molecule has 0 amide bonds. The molecule has 20 heavy (non-hydrogen) atoms. The Kier molecular flexibility index (Phi) is 3.22. The highest BCUT2D eigenvalue weighted by molar-refractivity contribution is 9.10. The number of aromatic amines is 1. The highest BCUT2D eigenvalue weighted by Gasteiger charge is 2.18. The van der Waals surface area contributed by atoms with Crippen LogP contribution in [0.25, 0.3) is 10.9 Å². The van der Waals surface area contributed by atoms with Gasteiger partial charge < -0.3 is 4.98 Å². The third kappa shape index (κ3) is 2.08. The number of carbonyl (C=O) groups excluding carboxylic acids is 1. The van der Waals surface area contributed by atoms with Crippen molar-refractivity contribution in [3.8, 4) is 0 Å². The van der Waals surface area contributed by atoms with Crippen molar-refractivity contribution in [3.63, 3.8) is 0 Å². The molecule has 3 aromatic rings. The summed E-state index contributed by atoms with van der Waals surface area (Å²) in [5, 5.41) is 0.984. The normalized spacial score (nSPS) is 10.9. The van der Waals surface area contributed by atoms with Crippen LogP contribution >= 0.6 is 15.9 Å². The van der Waals surface area contributed by atoms with Gasteiger partial charge in [0.25, 0.3) is 0 Å². The molecule has 3 rings (SSSR count). The minimum atomic E-state index is 0.0740. The van der Waals surface area contributed by atoms with E-state index in [1.807, 2.05) is 56.3 Å². The molecule has 0 radical (unpaired) electrons. The summed E-state index contributed by atoms with van der Waals surface area (Å²) < 4.78 is 0.988. The molecule has 0 spiro atoms. The highest BCUT2D eigenvalue weighted by atomic mass is 79.9. The lowest BCUT2D eigenvalue weighted by atomic mass is 9.97. The molecule has 0 saturated heterocycles. The van der Waals surface area contributed by atoms with Gasteiger partial charge in [-0.1, -0.05) is 34.1 Å². The smallest absolute Gasteiger partial charge is 0.195 e. The Labute approximate surface area is 126 Å². The first-order valence-corrected chi connectivity index (χ1v) is 7.25. The number of aromatic nitrogens is 1. The summed E-state index contributed by atoms with van der Waals surface area (Å²) in [6.07, 6.45) is 0. The Hall–Kier alpha value is -1.87. The molecule has 3 heteroatoms. The van der Waals surface area contributed by atoms with Crippen LogP contribution < -0.4 is 0 Å². The zero-order valence-electron chi connectivity index (χ0n) is 11.3. The molecule has 0 bridgehead atoms. The van der Waals surface area contributed by atoms with Gasteiger partial charge in [-0.25, -0.2) is 0 Å². The van der Waals surface area contributed by atoms with E-state index in [0.29, 0.717) is 0 Å². The molecular weight excluding hydrogens is 314 g/mol. The molecule has 0 atom stereocenters. The van der Waals surface area contributed by atoms with Crippen LogP contribution in [0.2, 0.25) is 0 Å². The van der Waals surface area contributed by atoms with Crippen LogP contribution in [0.4, 0.5) is 0 Å². The van der Waals surface area contributed by atoms with Gasteiger partial charge >= 0.3 is 0 Å². The first-order valence-electron chi connectivity index (χ1n) is 6.46. The zero-order chi connectivity index (χ0) is 14.3. The predicted molar refractivity (Wildman–Crippen MR) is 85.3 cm³/mol. The second-order valence-corrected chi connectivity index (χ2v) is 5.87. The molecule has 0 unspecified atom stereocenters. The van der Waals surface area contributed by atoms with E-state index in [0.717, 1.165) is 37.8 Å². The molecule has 0 saturated carbocycles. The minimum Gasteiger partial charge on any atom is -0.358 e. The number of ketones is 1. The van der Waals surface area contributed by atoms with Gasteiger partial charge in [-0.3, -0.25) is 4.79 Å². The molecule has 100 valence electrons. The van der Waals surface area contributed by atoms with Crippen LogP contribution in [0, 0.1) is 13.8 Å². The van der Waals surface area contributed by atoms with Crippen LogP contribution in [0.5, 0.6) is 0 Å². The van der Waals surface area contributed by atoms with E-state index in [9.17, 15) is 4.79 Å². The zero-order valence-corrected chi connectivity index (χ0v) is 12.9. The molecule has 2 aromatic carbocycles. The second kappa shape index (κ2) is 4.91. The van der Waals surface area contributed by atoms with Gasteiger partial charge in [0.05, 0.1) is 5.56 Å². The fourth-order valence-electron chi connectivity index (χ4n) is 2.59. The van der Waals surface area contributed by atoms with E-state index in [-0.39, 0.29) is 5.78 Å². The molecule has 0 aliphatic rings. The number of aryl methyl sites for hydroxylation is 2. The van der Waals surface area contributed by atoms with E-state index in [1.165, 1.54) is 0 Å². The molecule has 0 aliphatic carbocycles. The summed E-state index contributed by atoms with van der Waals surface area (Å²) in [7, 11) is 0. The summed E-state index contributed by atoms with van der Waals surface area (Å²) in [6.45, 7) is 3.91. The van der Waals surface area contributed by atoms with Crippen molar-refractivity contribution in [1.29, 1.82) is 0 Å². The van der Waals surface area contributed by atoms with E-state index >= 15 is 0 Å².